The topological polar surface area (TPSA) is 58.6 Å². The molecule has 5 nitrogen and oxygen atoms in total. The van der Waals surface area contributed by atoms with Gasteiger partial charge in [0.25, 0.3) is 0 Å². The number of carbonyl (C=O) groups excluding carboxylic acids is 2. The number of rotatable bonds is 6. The molecule has 3 rings (SSSR count). The molecule has 0 saturated carbocycles. The molecule has 0 bridgehead atoms. The Labute approximate surface area is 162 Å². The number of nitrogens with one attached hydrogen (secondary N) is 1. The molecule has 1 fully saturated rings. The van der Waals surface area contributed by atoms with Crippen molar-refractivity contribution in [2.24, 2.45) is 5.92 Å². The largest absolute Gasteiger partial charge is 0.469 e. The number of thiophene rings is 1. The Morgan fingerprint density at radius 1 is 1.26 bits per heavy atom. The number of benzene rings is 1. The molecule has 0 spiro atoms. The number of esters is 1. The Balaban J connectivity index is 1.60. The lowest BCUT2D eigenvalue weighted by Crippen LogP contribution is -2.43. The van der Waals surface area contributed by atoms with E-state index in [9.17, 15) is 14.0 Å². The van der Waals surface area contributed by atoms with Gasteiger partial charge >= 0.3 is 5.97 Å². The predicted molar refractivity (Wildman–Crippen MR) is 102 cm³/mol. The van der Waals surface area contributed by atoms with Crippen LogP contribution >= 0.6 is 11.3 Å². The number of hydrogen-bond donors (Lipinski definition) is 1. The van der Waals surface area contributed by atoms with Crippen LogP contribution in [0.4, 0.5) is 4.39 Å². The molecule has 7 heteroatoms. The van der Waals surface area contributed by atoms with Gasteiger partial charge in [0.2, 0.25) is 5.91 Å². The average Bonchev–Trinajstić information content (AvgIpc) is 3.21. The highest BCUT2D eigenvalue weighted by Crippen LogP contribution is 2.26. The van der Waals surface area contributed by atoms with E-state index in [0.717, 1.165) is 10.4 Å². The predicted octanol–water partition coefficient (Wildman–Crippen LogP) is 2.98. The van der Waals surface area contributed by atoms with Gasteiger partial charge in [0.1, 0.15) is 5.82 Å². The molecule has 0 aliphatic carbocycles. The van der Waals surface area contributed by atoms with E-state index in [0.29, 0.717) is 25.9 Å². The third kappa shape index (κ3) is 5.14. The Morgan fingerprint density at radius 2 is 1.96 bits per heavy atom. The highest BCUT2D eigenvalue weighted by molar-refractivity contribution is 7.10. The molecular formula is C20H23FN2O3S. The summed E-state index contributed by atoms with van der Waals surface area (Å²) >= 11 is 1.55. The molecule has 1 aromatic carbocycles. The smallest absolute Gasteiger partial charge is 0.308 e. The summed E-state index contributed by atoms with van der Waals surface area (Å²) in [4.78, 5) is 27.3. The van der Waals surface area contributed by atoms with Crippen molar-refractivity contribution >= 4 is 23.2 Å². The Bertz CT molecular complexity index is 756. The summed E-state index contributed by atoms with van der Waals surface area (Å²) in [6.07, 6.45) is 1.40. The zero-order valence-electron chi connectivity index (χ0n) is 15.2. The molecule has 1 atom stereocenters. The van der Waals surface area contributed by atoms with E-state index in [1.54, 1.807) is 23.5 Å². The Morgan fingerprint density at radius 3 is 2.56 bits per heavy atom. The monoisotopic (exact) mass is 390 g/mol. The first kappa shape index (κ1) is 19.5. The van der Waals surface area contributed by atoms with Crippen LogP contribution in [0.5, 0.6) is 0 Å². The molecule has 2 aromatic rings. The minimum atomic E-state index is -0.302. The van der Waals surface area contributed by atoms with Gasteiger partial charge in [-0.3, -0.25) is 14.5 Å². The van der Waals surface area contributed by atoms with Gasteiger partial charge in [-0.05, 0) is 55.1 Å². The summed E-state index contributed by atoms with van der Waals surface area (Å²) in [6, 6.07) is 9.79. The van der Waals surface area contributed by atoms with Crippen LogP contribution < -0.4 is 5.32 Å². The van der Waals surface area contributed by atoms with Crippen LogP contribution in [0.3, 0.4) is 0 Å². The van der Waals surface area contributed by atoms with Gasteiger partial charge in [-0.25, -0.2) is 4.39 Å². The van der Waals surface area contributed by atoms with Gasteiger partial charge in [0.05, 0.1) is 25.6 Å². The number of halogens is 1. The minimum Gasteiger partial charge on any atom is -0.469 e. The zero-order valence-corrected chi connectivity index (χ0v) is 16.0. The molecule has 1 aliphatic heterocycles. The van der Waals surface area contributed by atoms with Crippen molar-refractivity contribution in [3.8, 4) is 0 Å². The second-order valence-electron chi connectivity index (χ2n) is 6.64. The molecule has 1 saturated heterocycles. The van der Waals surface area contributed by atoms with E-state index in [4.69, 9.17) is 4.74 Å². The van der Waals surface area contributed by atoms with Crippen LogP contribution in [-0.4, -0.2) is 43.5 Å². The zero-order chi connectivity index (χ0) is 19.2. The van der Waals surface area contributed by atoms with Crippen LogP contribution in [-0.2, 0) is 14.3 Å². The van der Waals surface area contributed by atoms with Crippen LogP contribution in [0.2, 0.25) is 0 Å². The summed E-state index contributed by atoms with van der Waals surface area (Å²) in [5, 5.41) is 5.02. The third-order valence-corrected chi connectivity index (χ3v) is 5.76. The highest BCUT2D eigenvalue weighted by Gasteiger charge is 2.27. The van der Waals surface area contributed by atoms with Crippen LogP contribution in [0, 0.1) is 11.7 Å². The number of likely N-dealkylation sites (tertiary alicyclic amines) is 1. The number of ether oxygens (including phenoxy) is 1. The van der Waals surface area contributed by atoms with E-state index >= 15 is 0 Å². The molecule has 144 valence electrons. The molecule has 1 aliphatic rings. The average molecular weight is 390 g/mol. The lowest BCUT2D eigenvalue weighted by atomic mass is 9.97. The number of nitrogens with zero attached hydrogens (tertiary/aromatic N) is 1. The molecule has 0 radical (unpaired) electrons. The van der Waals surface area contributed by atoms with Crippen molar-refractivity contribution in [1.29, 1.82) is 0 Å². The molecule has 0 unspecified atom stereocenters. The van der Waals surface area contributed by atoms with Crippen molar-refractivity contribution in [1.82, 2.24) is 10.2 Å². The summed E-state index contributed by atoms with van der Waals surface area (Å²) in [7, 11) is 1.41. The van der Waals surface area contributed by atoms with Gasteiger partial charge in [0, 0.05) is 4.88 Å². The molecule has 2 heterocycles. The molecular weight excluding hydrogens is 367 g/mol. The lowest BCUT2D eigenvalue weighted by molar-refractivity contribution is -0.147. The van der Waals surface area contributed by atoms with E-state index in [2.05, 4.69) is 5.32 Å². The molecule has 1 aromatic heterocycles. The standard InChI is InChI=1S/C20H23FN2O3S/c1-26-20(25)15-8-10-23(11-9-15)13-18(24)22-19(17-3-2-12-27-17)14-4-6-16(21)7-5-14/h2-7,12,15,19H,8-11,13H2,1H3,(H,22,24)/t19-/m0/s1. The first-order chi connectivity index (χ1) is 13.1. The summed E-state index contributed by atoms with van der Waals surface area (Å²) in [5.41, 5.74) is 0.844. The molecule has 1 N–H and O–H groups in total. The van der Waals surface area contributed by atoms with Crippen molar-refractivity contribution in [2.45, 2.75) is 18.9 Å². The van der Waals surface area contributed by atoms with Gasteiger partial charge in [-0.2, -0.15) is 0 Å². The highest BCUT2D eigenvalue weighted by atomic mass is 32.1. The van der Waals surface area contributed by atoms with Gasteiger partial charge in [-0.1, -0.05) is 18.2 Å². The van der Waals surface area contributed by atoms with E-state index in [1.165, 1.54) is 19.2 Å². The molecule has 27 heavy (non-hydrogen) atoms. The normalized spacial score (nSPS) is 16.7. The van der Waals surface area contributed by atoms with E-state index < -0.39 is 0 Å². The second kappa shape index (κ2) is 9.10. The Hall–Kier alpha value is -2.25. The van der Waals surface area contributed by atoms with Crippen molar-refractivity contribution in [3.05, 3.63) is 58.0 Å². The maximum atomic E-state index is 13.3. The maximum Gasteiger partial charge on any atom is 0.308 e. The van der Waals surface area contributed by atoms with Crippen LogP contribution in [0.1, 0.15) is 29.3 Å². The number of amides is 1. The van der Waals surface area contributed by atoms with Crippen molar-refractivity contribution in [3.63, 3.8) is 0 Å². The summed E-state index contributed by atoms with van der Waals surface area (Å²) < 4.78 is 18.0. The first-order valence-corrected chi connectivity index (χ1v) is 9.83. The van der Waals surface area contributed by atoms with Crippen LogP contribution in [0.25, 0.3) is 0 Å². The quantitative estimate of drug-likeness (QED) is 0.771. The minimum absolute atomic E-state index is 0.0765. The van der Waals surface area contributed by atoms with E-state index in [-0.39, 0.29) is 36.2 Å². The third-order valence-electron chi connectivity index (χ3n) is 4.83. The fourth-order valence-corrected chi connectivity index (χ4v) is 4.14. The van der Waals surface area contributed by atoms with Gasteiger partial charge in [-0.15, -0.1) is 11.3 Å². The number of piperidine rings is 1. The van der Waals surface area contributed by atoms with Crippen molar-refractivity contribution in [2.75, 3.05) is 26.7 Å². The molecule has 1 amide bonds. The Kier molecular flexibility index (Phi) is 6.58. The van der Waals surface area contributed by atoms with Gasteiger partial charge < -0.3 is 10.1 Å². The fraction of sp³-hybridized carbons (Fsp3) is 0.400. The summed E-state index contributed by atoms with van der Waals surface area (Å²) in [6.45, 7) is 1.65. The fourth-order valence-electron chi connectivity index (χ4n) is 3.33. The van der Waals surface area contributed by atoms with Crippen LogP contribution in [0.15, 0.2) is 41.8 Å². The second-order valence-corrected chi connectivity index (χ2v) is 7.62. The number of hydrogen-bond acceptors (Lipinski definition) is 5. The summed E-state index contributed by atoms with van der Waals surface area (Å²) in [5.74, 6) is -0.640. The first-order valence-electron chi connectivity index (χ1n) is 8.95. The lowest BCUT2D eigenvalue weighted by Gasteiger charge is -2.30. The SMILES string of the molecule is COC(=O)C1CCN(CC(=O)N[C@@H](c2ccc(F)cc2)c2cccs2)CC1. The van der Waals surface area contributed by atoms with Gasteiger partial charge in [0.15, 0.2) is 0 Å². The number of methoxy groups -OCH3 is 1. The van der Waals surface area contributed by atoms with Crippen molar-refractivity contribution < 1.29 is 18.7 Å². The number of carbonyl (C=O) groups is 2. The van der Waals surface area contributed by atoms with E-state index in [1.807, 2.05) is 22.4 Å². The maximum absolute atomic E-state index is 13.3.